The molecule has 3 rings (SSSR count). The van der Waals surface area contributed by atoms with Crippen LogP contribution in [0.1, 0.15) is 5.82 Å². The Labute approximate surface area is 107 Å². The van der Waals surface area contributed by atoms with Crippen LogP contribution in [0.5, 0.6) is 5.75 Å². The van der Waals surface area contributed by atoms with Crippen LogP contribution in [0.3, 0.4) is 0 Å². The summed E-state index contributed by atoms with van der Waals surface area (Å²) in [4.78, 5) is 24.4. The zero-order valence-corrected chi connectivity index (χ0v) is 9.84. The van der Waals surface area contributed by atoms with Crippen molar-refractivity contribution >= 4 is 16.9 Å². The van der Waals surface area contributed by atoms with Crippen LogP contribution >= 0.6 is 0 Å². The molecule has 96 valence electrons. The van der Waals surface area contributed by atoms with E-state index in [1.165, 1.54) is 0 Å². The maximum Gasteiger partial charge on any atom is 0.346 e. The van der Waals surface area contributed by atoms with Crippen molar-refractivity contribution in [1.29, 1.82) is 0 Å². The molecular weight excluding hydrogens is 246 g/mol. The van der Waals surface area contributed by atoms with Crippen molar-refractivity contribution in [2.24, 2.45) is 0 Å². The van der Waals surface area contributed by atoms with Crippen molar-refractivity contribution in [1.82, 2.24) is 19.9 Å². The van der Waals surface area contributed by atoms with Crippen LogP contribution in [0, 0.1) is 0 Å². The summed E-state index contributed by atoms with van der Waals surface area (Å²) >= 11 is 0. The first-order valence-electron chi connectivity index (χ1n) is 5.68. The summed E-state index contributed by atoms with van der Waals surface area (Å²) in [6, 6.07) is 7.66. The highest BCUT2D eigenvalue weighted by Crippen LogP contribution is 2.17. The summed E-state index contributed by atoms with van der Waals surface area (Å²) in [5.74, 6) is 0.814. The molecule has 0 aliphatic carbocycles. The molecule has 0 spiro atoms. The van der Waals surface area contributed by atoms with Crippen molar-refractivity contribution in [3.8, 4) is 5.75 Å². The fourth-order valence-corrected chi connectivity index (χ4v) is 1.78. The van der Waals surface area contributed by atoms with Gasteiger partial charge in [0.2, 0.25) is 0 Å². The molecule has 2 heterocycles. The van der Waals surface area contributed by atoms with Crippen molar-refractivity contribution in [2.75, 3.05) is 5.32 Å². The zero-order valence-electron chi connectivity index (χ0n) is 9.84. The lowest BCUT2D eigenvalue weighted by Gasteiger charge is -2.04. The molecule has 3 aromatic rings. The van der Waals surface area contributed by atoms with E-state index >= 15 is 0 Å². The molecule has 7 nitrogen and oxygen atoms in total. The number of imidazole rings is 1. The second kappa shape index (κ2) is 4.45. The summed E-state index contributed by atoms with van der Waals surface area (Å²) in [5.41, 5.74) is 1.28. The third-order valence-electron chi connectivity index (χ3n) is 2.66. The predicted octanol–water partition coefficient (Wildman–Crippen LogP) is 0.964. The SMILES string of the molecule is O=c1ncc(O)c(NCc2nc3ccccc3[nH]2)[nH]1. The Kier molecular flexibility index (Phi) is 2.64. The average molecular weight is 257 g/mol. The van der Waals surface area contributed by atoms with Crippen molar-refractivity contribution in [2.45, 2.75) is 6.54 Å². The van der Waals surface area contributed by atoms with Crippen LogP contribution in [0.25, 0.3) is 11.0 Å². The normalized spacial score (nSPS) is 10.7. The van der Waals surface area contributed by atoms with Gasteiger partial charge in [-0.3, -0.25) is 4.98 Å². The zero-order chi connectivity index (χ0) is 13.2. The number of hydrogen-bond donors (Lipinski definition) is 4. The minimum Gasteiger partial charge on any atom is -0.503 e. The van der Waals surface area contributed by atoms with Gasteiger partial charge in [0.15, 0.2) is 11.6 Å². The van der Waals surface area contributed by atoms with Crippen LogP contribution in [-0.4, -0.2) is 25.0 Å². The second-order valence-electron chi connectivity index (χ2n) is 4.00. The van der Waals surface area contributed by atoms with Gasteiger partial charge in [0.1, 0.15) is 5.82 Å². The van der Waals surface area contributed by atoms with E-state index in [4.69, 9.17) is 0 Å². The number of aromatic hydroxyl groups is 1. The van der Waals surface area contributed by atoms with Gasteiger partial charge in [0.05, 0.1) is 23.8 Å². The molecule has 7 heteroatoms. The van der Waals surface area contributed by atoms with Crippen LogP contribution in [0.2, 0.25) is 0 Å². The second-order valence-corrected chi connectivity index (χ2v) is 4.00. The van der Waals surface area contributed by atoms with Crippen molar-refractivity contribution < 1.29 is 5.11 Å². The number of nitrogens with one attached hydrogen (secondary N) is 3. The van der Waals surface area contributed by atoms with E-state index in [0.29, 0.717) is 12.4 Å². The monoisotopic (exact) mass is 257 g/mol. The molecular formula is C12H11N5O2. The van der Waals surface area contributed by atoms with Crippen molar-refractivity contribution in [3.63, 3.8) is 0 Å². The van der Waals surface area contributed by atoms with E-state index in [2.05, 4.69) is 25.3 Å². The Morgan fingerprint density at radius 2 is 2.11 bits per heavy atom. The van der Waals surface area contributed by atoms with Gasteiger partial charge in [-0.05, 0) is 12.1 Å². The standard InChI is InChI=1S/C12H11N5O2/c18-9-5-14-12(19)17-11(9)13-6-10-15-7-3-1-2-4-8(7)16-10/h1-5,18H,6H2,(H,15,16)(H2,13,14,17,19). The fraction of sp³-hybridized carbons (Fsp3) is 0.0833. The molecule has 0 radical (unpaired) electrons. The number of rotatable bonds is 3. The Balaban J connectivity index is 1.82. The molecule has 4 N–H and O–H groups in total. The number of anilines is 1. The summed E-state index contributed by atoms with van der Waals surface area (Å²) in [6.07, 6.45) is 1.10. The smallest absolute Gasteiger partial charge is 0.346 e. The number of nitrogens with zero attached hydrogens (tertiary/aromatic N) is 2. The quantitative estimate of drug-likeness (QED) is 0.559. The lowest BCUT2D eigenvalue weighted by Crippen LogP contribution is -2.13. The summed E-state index contributed by atoms with van der Waals surface area (Å²) < 4.78 is 0. The van der Waals surface area contributed by atoms with Gasteiger partial charge in [0.25, 0.3) is 0 Å². The molecule has 0 bridgehead atoms. The number of hydrogen-bond acceptors (Lipinski definition) is 5. The molecule has 0 aliphatic heterocycles. The van der Waals surface area contributed by atoms with E-state index in [-0.39, 0.29) is 11.6 Å². The lowest BCUT2D eigenvalue weighted by molar-refractivity contribution is 0.471. The molecule has 0 fully saturated rings. The minimum atomic E-state index is -0.523. The highest BCUT2D eigenvalue weighted by atomic mass is 16.3. The molecule has 1 aromatic carbocycles. The number of H-pyrrole nitrogens is 2. The first-order chi connectivity index (χ1) is 9.22. The molecule has 0 atom stereocenters. The van der Waals surface area contributed by atoms with Gasteiger partial charge < -0.3 is 15.4 Å². The van der Waals surface area contributed by atoms with Gasteiger partial charge in [-0.1, -0.05) is 12.1 Å². The highest BCUT2D eigenvalue weighted by molar-refractivity contribution is 5.74. The summed E-state index contributed by atoms with van der Waals surface area (Å²) in [6.45, 7) is 0.349. The fourth-order valence-electron chi connectivity index (χ4n) is 1.78. The summed E-state index contributed by atoms with van der Waals surface area (Å²) in [7, 11) is 0. The molecule has 0 aliphatic rings. The Morgan fingerprint density at radius 1 is 1.26 bits per heavy atom. The van der Waals surface area contributed by atoms with E-state index in [1.54, 1.807) is 0 Å². The maximum atomic E-state index is 11.1. The van der Waals surface area contributed by atoms with Crippen LogP contribution in [-0.2, 0) is 6.54 Å². The van der Waals surface area contributed by atoms with E-state index < -0.39 is 5.69 Å². The molecule has 0 amide bonds. The van der Waals surface area contributed by atoms with E-state index in [9.17, 15) is 9.90 Å². The highest BCUT2D eigenvalue weighted by Gasteiger charge is 2.05. The van der Waals surface area contributed by atoms with Crippen LogP contribution < -0.4 is 11.0 Å². The van der Waals surface area contributed by atoms with Gasteiger partial charge in [-0.2, -0.15) is 4.98 Å². The minimum absolute atomic E-state index is 0.115. The number of fused-ring (bicyclic) bond motifs is 1. The molecule has 19 heavy (non-hydrogen) atoms. The number of aromatic nitrogens is 4. The van der Waals surface area contributed by atoms with Gasteiger partial charge in [0, 0.05) is 0 Å². The first kappa shape index (κ1) is 11.3. The Morgan fingerprint density at radius 3 is 2.95 bits per heavy atom. The van der Waals surface area contributed by atoms with Gasteiger partial charge >= 0.3 is 5.69 Å². The first-order valence-corrected chi connectivity index (χ1v) is 5.68. The Bertz CT molecular complexity index is 744. The lowest BCUT2D eigenvalue weighted by atomic mass is 10.3. The third kappa shape index (κ3) is 2.25. The Hall–Kier alpha value is -2.83. The van der Waals surface area contributed by atoms with Crippen LogP contribution in [0.15, 0.2) is 35.3 Å². The van der Waals surface area contributed by atoms with Crippen LogP contribution in [0.4, 0.5) is 5.82 Å². The average Bonchev–Trinajstić information content (AvgIpc) is 2.82. The van der Waals surface area contributed by atoms with E-state index in [1.807, 2.05) is 24.3 Å². The number of para-hydroxylation sites is 2. The third-order valence-corrected chi connectivity index (χ3v) is 2.66. The molecule has 0 saturated heterocycles. The topological polar surface area (TPSA) is 107 Å². The van der Waals surface area contributed by atoms with Gasteiger partial charge in [-0.15, -0.1) is 0 Å². The van der Waals surface area contributed by atoms with Crippen molar-refractivity contribution in [3.05, 3.63) is 46.8 Å². The van der Waals surface area contributed by atoms with E-state index in [0.717, 1.165) is 17.2 Å². The largest absolute Gasteiger partial charge is 0.503 e. The molecule has 2 aromatic heterocycles. The number of aromatic amines is 2. The maximum absolute atomic E-state index is 11.1. The number of benzene rings is 1. The molecule has 0 unspecified atom stereocenters. The molecule has 0 saturated carbocycles. The summed E-state index contributed by atoms with van der Waals surface area (Å²) in [5, 5.41) is 12.4. The predicted molar refractivity (Wildman–Crippen MR) is 69.9 cm³/mol. The van der Waals surface area contributed by atoms with Gasteiger partial charge in [-0.25, -0.2) is 9.78 Å².